The van der Waals surface area contributed by atoms with Crippen LogP contribution in [0.4, 0.5) is 8.78 Å². The molecule has 3 rings (SSSR count). The summed E-state index contributed by atoms with van der Waals surface area (Å²) < 4.78 is 35.2. The van der Waals surface area contributed by atoms with Crippen molar-refractivity contribution in [2.75, 3.05) is 19.7 Å². The van der Waals surface area contributed by atoms with Crippen molar-refractivity contribution in [1.82, 2.24) is 4.90 Å². The van der Waals surface area contributed by atoms with Gasteiger partial charge >= 0.3 is 5.92 Å². The van der Waals surface area contributed by atoms with Crippen LogP contribution in [0, 0.1) is 16.7 Å². The third kappa shape index (κ3) is 3.37. The van der Waals surface area contributed by atoms with Crippen LogP contribution in [-0.2, 0) is 20.2 Å². The Hall–Kier alpha value is -2.59. The Bertz CT molecular complexity index is 843. The number of hydrogen-bond acceptors (Lipinski definition) is 4. The minimum Gasteiger partial charge on any atom is -0.367 e. The van der Waals surface area contributed by atoms with Crippen LogP contribution in [0.2, 0.25) is 0 Å². The molecule has 0 radical (unpaired) electrons. The van der Waals surface area contributed by atoms with Crippen molar-refractivity contribution in [3.8, 4) is 6.07 Å². The zero-order chi connectivity index (χ0) is 19.9. The van der Waals surface area contributed by atoms with Gasteiger partial charge in [0.15, 0.2) is 5.78 Å². The van der Waals surface area contributed by atoms with Gasteiger partial charge in [0.2, 0.25) is 0 Å². The van der Waals surface area contributed by atoms with Gasteiger partial charge in [0.25, 0.3) is 5.91 Å². The molecule has 1 atom stereocenters. The van der Waals surface area contributed by atoms with E-state index in [0.717, 1.165) is 4.90 Å². The van der Waals surface area contributed by atoms with Gasteiger partial charge in [0.1, 0.15) is 11.7 Å². The number of carbonyl (C=O) groups excluding carboxylic acids is 2. The number of rotatable bonds is 2. The number of nitrogens with zero attached hydrogens (tertiary/aromatic N) is 2. The lowest BCUT2D eigenvalue weighted by molar-refractivity contribution is -0.173. The van der Waals surface area contributed by atoms with Crippen molar-refractivity contribution in [1.29, 1.82) is 5.26 Å². The average Bonchev–Trinajstić information content (AvgIpc) is 2.64. The predicted molar refractivity (Wildman–Crippen MR) is 92.7 cm³/mol. The summed E-state index contributed by atoms with van der Waals surface area (Å²) in [6.07, 6.45) is 1.60. The summed E-state index contributed by atoms with van der Waals surface area (Å²) in [4.78, 5) is 26.0. The number of ether oxygens (including phenoxy) is 1. The molecular formula is C20H20F2N2O3. The fourth-order valence-electron chi connectivity index (χ4n) is 3.80. The second-order valence-electron chi connectivity index (χ2n) is 7.64. The second-order valence-corrected chi connectivity index (χ2v) is 7.64. The highest BCUT2D eigenvalue weighted by Crippen LogP contribution is 2.42. The largest absolute Gasteiger partial charge is 0.367 e. The van der Waals surface area contributed by atoms with Crippen LogP contribution in [0.1, 0.15) is 25.8 Å². The Morgan fingerprint density at radius 1 is 1.30 bits per heavy atom. The van der Waals surface area contributed by atoms with E-state index in [0.29, 0.717) is 0 Å². The smallest absolute Gasteiger partial charge is 0.349 e. The van der Waals surface area contributed by atoms with E-state index in [4.69, 9.17) is 4.74 Å². The maximum atomic E-state index is 14.7. The standard InChI is InChI=1S/C20H20F2N2O3/c1-18(2)12-19(10-14(11-23)16(18)25)13-24(8-9-27-19)17(26)20(21,22)15-6-4-3-5-7-15/h3-7,10H,8-9,12-13H2,1-2H3. The number of hydrogen-bond donors (Lipinski definition) is 0. The first-order valence-corrected chi connectivity index (χ1v) is 8.66. The van der Waals surface area contributed by atoms with Gasteiger partial charge in [-0.15, -0.1) is 0 Å². The van der Waals surface area contributed by atoms with E-state index in [-0.39, 0.29) is 43.0 Å². The van der Waals surface area contributed by atoms with E-state index < -0.39 is 22.8 Å². The Morgan fingerprint density at radius 3 is 2.59 bits per heavy atom. The van der Waals surface area contributed by atoms with Crippen LogP contribution in [0.25, 0.3) is 0 Å². The van der Waals surface area contributed by atoms with Crippen molar-refractivity contribution >= 4 is 11.7 Å². The molecule has 1 aromatic rings. The SMILES string of the molecule is CC1(C)CC2(C=C(C#N)C1=O)CN(C(=O)C(F)(F)c1ccccc1)CCO2. The van der Waals surface area contributed by atoms with E-state index in [9.17, 15) is 23.6 Å². The van der Waals surface area contributed by atoms with Gasteiger partial charge in [0, 0.05) is 17.5 Å². The molecule has 1 fully saturated rings. The molecule has 1 saturated heterocycles. The maximum absolute atomic E-state index is 14.7. The quantitative estimate of drug-likeness (QED) is 0.798. The van der Waals surface area contributed by atoms with Crippen LogP contribution in [-0.4, -0.2) is 41.9 Å². The molecule has 1 unspecified atom stereocenters. The topological polar surface area (TPSA) is 70.4 Å². The first-order valence-electron chi connectivity index (χ1n) is 8.66. The van der Waals surface area contributed by atoms with Crippen molar-refractivity contribution in [3.05, 3.63) is 47.5 Å². The fraction of sp³-hybridized carbons (Fsp3) is 0.450. The molecule has 142 valence electrons. The molecule has 1 heterocycles. The number of amides is 1. The zero-order valence-electron chi connectivity index (χ0n) is 15.2. The van der Waals surface area contributed by atoms with Crippen molar-refractivity contribution < 1.29 is 23.1 Å². The van der Waals surface area contributed by atoms with Gasteiger partial charge in [-0.05, 0) is 12.5 Å². The van der Waals surface area contributed by atoms with Gasteiger partial charge < -0.3 is 9.64 Å². The van der Waals surface area contributed by atoms with Crippen molar-refractivity contribution in [2.45, 2.75) is 31.8 Å². The van der Waals surface area contributed by atoms with Crippen molar-refractivity contribution in [3.63, 3.8) is 0 Å². The molecule has 1 spiro atoms. The third-order valence-corrected chi connectivity index (χ3v) is 5.03. The number of carbonyl (C=O) groups is 2. The van der Waals surface area contributed by atoms with E-state index in [2.05, 4.69) is 0 Å². The molecule has 1 aliphatic carbocycles. The molecule has 0 bridgehead atoms. The van der Waals surface area contributed by atoms with E-state index in [1.807, 2.05) is 6.07 Å². The van der Waals surface area contributed by atoms with Gasteiger partial charge in [-0.2, -0.15) is 14.0 Å². The molecule has 2 aliphatic rings. The molecule has 0 aromatic heterocycles. The normalized spacial score (nSPS) is 25.1. The first-order chi connectivity index (χ1) is 12.6. The summed E-state index contributed by atoms with van der Waals surface area (Å²) in [5.41, 5.74) is -2.44. The Morgan fingerprint density at radius 2 is 1.96 bits per heavy atom. The number of ketones is 1. The molecule has 5 nitrogen and oxygen atoms in total. The first kappa shape index (κ1) is 19.2. The fourth-order valence-corrected chi connectivity index (χ4v) is 3.80. The molecule has 1 aromatic carbocycles. The number of halogens is 2. The predicted octanol–water partition coefficient (Wildman–Crippen LogP) is 2.82. The highest BCUT2D eigenvalue weighted by Gasteiger charge is 2.51. The van der Waals surface area contributed by atoms with Gasteiger partial charge in [-0.25, -0.2) is 0 Å². The Kier molecular flexibility index (Phi) is 4.64. The number of allylic oxidation sites excluding steroid dienone is 1. The number of benzene rings is 1. The van der Waals surface area contributed by atoms with E-state index in [1.54, 1.807) is 19.9 Å². The molecule has 1 aliphatic heterocycles. The molecule has 1 amide bonds. The number of Topliss-reactive ketones (excluding diaryl/α,β-unsaturated/α-hetero) is 1. The lowest BCUT2D eigenvalue weighted by Crippen LogP contribution is -2.58. The minimum atomic E-state index is -3.67. The number of morpholine rings is 1. The van der Waals surface area contributed by atoms with Crippen LogP contribution in [0.15, 0.2) is 42.0 Å². The molecule has 7 heteroatoms. The summed E-state index contributed by atoms with van der Waals surface area (Å²) in [5.74, 6) is -5.28. The molecule has 27 heavy (non-hydrogen) atoms. The number of alkyl halides is 2. The summed E-state index contributed by atoms with van der Waals surface area (Å²) >= 11 is 0. The third-order valence-electron chi connectivity index (χ3n) is 5.03. The lowest BCUT2D eigenvalue weighted by Gasteiger charge is -2.47. The van der Waals surface area contributed by atoms with Gasteiger partial charge in [0.05, 0.1) is 18.7 Å². The number of nitriles is 1. The monoisotopic (exact) mass is 374 g/mol. The minimum absolute atomic E-state index is 0.0209. The summed E-state index contributed by atoms with van der Waals surface area (Å²) in [6, 6.07) is 8.79. The molecular weight excluding hydrogens is 354 g/mol. The van der Waals surface area contributed by atoms with Crippen LogP contribution >= 0.6 is 0 Å². The van der Waals surface area contributed by atoms with E-state index >= 15 is 0 Å². The summed E-state index contributed by atoms with van der Waals surface area (Å²) in [7, 11) is 0. The van der Waals surface area contributed by atoms with Crippen LogP contribution < -0.4 is 0 Å². The van der Waals surface area contributed by atoms with Gasteiger partial charge in [-0.1, -0.05) is 44.2 Å². The maximum Gasteiger partial charge on any atom is 0.349 e. The Balaban J connectivity index is 1.90. The van der Waals surface area contributed by atoms with Crippen LogP contribution in [0.3, 0.4) is 0 Å². The highest BCUT2D eigenvalue weighted by atomic mass is 19.3. The molecule has 0 N–H and O–H groups in total. The Labute approximate surface area is 156 Å². The summed E-state index contributed by atoms with van der Waals surface area (Å²) in [5, 5.41) is 9.27. The molecule has 0 saturated carbocycles. The average molecular weight is 374 g/mol. The van der Waals surface area contributed by atoms with Gasteiger partial charge in [-0.3, -0.25) is 9.59 Å². The van der Waals surface area contributed by atoms with Crippen LogP contribution in [0.5, 0.6) is 0 Å². The lowest BCUT2D eigenvalue weighted by atomic mass is 9.69. The van der Waals surface area contributed by atoms with Crippen molar-refractivity contribution in [2.24, 2.45) is 5.41 Å². The zero-order valence-corrected chi connectivity index (χ0v) is 15.2. The van der Waals surface area contributed by atoms with E-state index in [1.165, 1.54) is 30.3 Å². The summed E-state index contributed by atoms with van der Waals surface area (Å²) in [6.45, 7) is 3.31. The highest BCUT2D eigenvalue weighted by molar-refractivity contribution is 6.04. The second kappa shape index (κ2) is 6.54.